The number of carbonyl (C=O) groups excluding carboxylic acids is 1. The number of fused-ring (bicyclic) bond motifs is 1. The van der Waals surface area contributed by atoms with Crippen molar-refractivity contribution in [1.82, 2.24) is 25.3 Å². The second-order valence-corrected chi connectivity index (χ2v) is 7.24. The van der Waals surface area contributed by atoms with Gasteiger partial charge in [0.05, 0.1) is 23.0 Å². The molecule has 0 spiro atoms. The normalized spacial score (nSPS) is 11.5. The largest absolute Gasteiger partial charge is 0.369 e. The van der Waals surface area contributed by atoms with Crippen LogP contribution in [0.4, 0.5) is 14.6 Å². The topological polar surface area (TPSA) is 92.7 Å². The highest BCUT2D eigenvalue weighted by molar-refractivity contribution is 7.59. The third kappa shape index (κ3) is 5.06. The number of aromatic nitrogens is 4. The van der Waals surface area contributed by atoms with Crippen molar-refractivity contribution in [3.63, 3.8) is 0 Å². The molecule has 0 aliphatic carbocycles. The van der Waals surface area contributed by atoms with Crippen LogP contribution in [0.15, 0.2) is 55.1 Å². The van der Waals surface area contributed by atoms with Crippen LogP contribution in [0.1, 0.15) is 28.8 Å². The van der Waals surface area contributed by atoms with Crippen LogP contribution in [-0.4, -0.2) is 39.4 Å². The van der Waals surface area contributed by atoms with E-state index in [2.05, 4.69) is 30.6 Å². The van der Waals surface area contributed by atoms with E-state index in [1.54, 1.807) is 24.3 Å². The molecule has 3 aromatic heterocycles. The molecule has 2 N–H and O–H groups in total. The quantitative estimate of drug-likeness (QED) is 0.415. The van der Waals surface area contributed by atoms with Gasteiger partial charge in [-0.2, -0.15) is 17.9 Å². The van der Waals surface area contributed by atoms with Gasteiger partial charge in [-0.25, -0.2) is 19.3 Å². The number of anilines is 1. The first-order valence-corrected chi connectivity index (χ1v) is 9.95. The van der Waals surface area contributed by atoms with Crippen LogP contribution in [0.2, 0.25) is 0 Å². The minimum atomic E-state index is -0.663. The summed E-state index contributed by atoms with van der Waals surface area (Å²) >= 11 is 0. The molecule has 4 aromatic rings. The first-order valence-electron chi connectivity index (χ1n) is 9.95. The van der Waals surface area contributed by atoms with Gasteiger partial charge in [-0.15, -0.1) is 0 Å². The summed E-state index contributed by atoms with van der Waals surface area (Å²) < 4.78 is 27.4. The van der Waals surface area contributed by atoms with Crippen LogP contribution in [0.5, 0.6) is 0 Å². The van der Waals surface area contributed by atoms with E-state index in [4.69, 9.17) is 0 Å². The fourth-order valence-corrected chi connectivity index (χ4v) is 3.48. The molecular weight excluding hydrogens is 446 g/mol. The van der Waals surface area contributed by atoms with Crippen LogP contribution in [0.3, 0.4) is 0 Å². The molecule has 33 heavy (non-hydrogen) atoms. The van der Waals surface area contributed by atoms with E-state index in [9.17, 15) is 13.6 Å². The molecule has 7 nitrogen and oxygen atoms in total. The number of halogens is 2. The molecule has 0 saturated heterocycles. The Hall–Kier alpha value is -3.66. The third-order valence-electron chi connectivity index (χ3n) is 5.15. The first-order chi connectivity index (χ1) is 15.5. The van der Waals surface area contributed by atoms with Gasteiger partial charge < -0.3 is 10.6 Å². The number of carbonyl (C=O) groups is 1. The van der Waals surface area contributed by atoms with Gasteiger partial charge in [0.15, 0.2) is 5.82 Å². The van der Waals surface area contributed by atoms with Gasteiger partial charge in [-0.1, -0.05) is 25.1 Å². The van der Waals surface area contributed by atoms with Crippen LogP contribution in [0.25, 0.3) is 22.2 Å². The Morgan fingerprint density at radius 3 is 2.61 bits per heavy atom. The zero-order chi connectivity index (χ0) is 22.7. The third-order valence-corrected chi connectivity index (χ3v) is 5.15. The molecule has 0 fully saturated rings. The van der Waals surface area contributed by atoms with Gasteiger partial charge >= 0.3 is 0 Å². The van der Waals surface area contributed by atoms with E-state index >= 15 is 0 Å². The van der Waals surface area contributed by atoms with E-state index in [-0.39, 0.29) is 25.0 Å². The molecule has 0 saturated carbocycles. The standard InChI is InChI=1S/C23H20F2N6O.H2S/c1-13(9-28-20-8-18(30-12-31-20)14-6-7-19(25)27-10-14)15-4-3-5-16-21(23(32)26-2)17(24)11-29-22(15)16;/h3-8,10-13H,9H2,1-2H3,(H,26,32)(H,28,30,31);1H2/t13-;/m1./s1. The van der Waals surface area contributed by atoms with Crippen molar-refractivity contribution in [3.8, 4) is 11.3 Å². The number of rotatable bonds is 6. The van der Waals surface area contributed by atoms with Crippen molar-refractivity contribution in [2.45, 2.75) is 12.8 Å². The lowest BCUT2D eigenvalue weighted by atomic mass is 9.96. The van der Waals surface area contributed by atoms with Crippen molar-refractivity contribution in [2.75, 3.05) is 18.9 Å². The van der Waals surface area contributed by atoms with Crippen molar-refractivity contribution in [3.05, 3.63) is 78.0 Å². The lowest BCUT2D eigenvalue weighted by Crippen LogP contribution is -2.20. The number of pyridine rings is 2. The Morgan fingerprint density at radius 2 is 1.88 bits per heavy atom. The summed E-state index contributed by atoms with van der Waals surface area (Å²) in [5, 5.41) is 6.20. The second kappa shape index (κ2) is 10.3. The van der Waals surface area contributed by atoms with E-state index in [1.165, 1.54) is 25.6 Å². The van der Waals surface area contributed by atoms with E-state index in [1.807, 2.05) is 13.0 Å². The Bertz CT molecular complexity index is 1290. The number of nitrogens with zero attached hydrogens (tertiary/aromatic N) is 4. The predicted molar refractivity (Wildman–Crippen MR) is 128 cm³/mol. The molecule has 0 unspecified atom stereocenters. The maximum absolute atomic E-state index is 14.3. The smallest absolute Gasteiger partial charge is 0.254 e. The highest BCUT2D eigenvalue weighted by Crippen LogP contribution is 2.28. The van der Waals surface area contributed by atoms with Crippen LogP contribution in [-0.2, 0) is 0 Å². The SMILES string of the molecule is CNC(=O)c1c(F)cnc2c([C@H](C)CNc3cc(-c4ccc(F)nc4)ncn3)cccc12.S. The number of benzene rings is 1. The van der Waals surface area contributed by atoms with Crippen molar-refractivity contribution in [2.24, 2.45) is 0 Å². The average Bonchev–Trinajstić information content (AvgIpc) is 2.82. The number of amides is 1. The molecule has 0 aliphatic rings. The lowest BCUT2D eigenvalue weighted by Gasteiger charge is -2.17. The van der Waals surface area contributed by atoms with Gasteiger partial charge in [0.1, 0.15) is 12.1 Å². The molecule has 1 amide bonds. The highest BCUT2D eigenvalue weighted by Gasteiger charge is 2.19. The van der Waals surface area contributed by atoms with E-state index in [0.29, 0.717) is 34.5 Å². The van der Waals surface area contributed by atoms with Crippen molar-refractivity contribution >= 4 is 36.1 Å². The second-order valence-electron chi connectivity index (χ2n) is 7.24. The Morgan fingerprint density at radius 1 is 1.06 bits per heavy atom. The summed E-state index contributed by atoms with van der Waals surface area (Å²) in [6, 6.07) is 10.0. The number of nitrogens with one attached hydrogen (secondary N) is 2. The Labute approximate surface area is 196 Å². The molecule has 170 valence electrons. The van der Waals surface area contributed by atoms with Crippen molar-refractivity contribution < 1.29 is 13.6 Å². The summed E-state index contributed by atoms with van der Waals surface area (Å²) in [5.74, 6) is -1.15. The molecule has 1 atom stereocenters. The average molecular weight is 469 g/mol. The van der Waals surface area contributed by atoms with Crippen LogP contribution in [0, 0.1) is 11.8 Å². The van der Waals surface area contributed by atoms with Gasteiger partial charge in [0, 0.05) is 42.7 Å². The molecule has 0 bridgehead atoms. The molecular formula is C23H22F2N6OS. The number of hydrogen-bond donors (Lipinski definition) is 2. The van der Waals surface area contributed by atoms with Gasteiger partial charge in [-0.05, 0) is 17.7 Å². The predicted octanol–water partition coefficient (Wildman–Crippen LogP) is 4.05. The summed E-state index contributed by atoms with van der Waals surface area (Å²) in [7, 11) is 1.46. The van der Waals surface area contributed by atoms with E-state index in [0.717, 1.165) is 11.8 Å². The Kier molecular flexibility index (Phi) is 7.49. The Balaban J connectivity index is 0.00000306. The van der Waals surface area contributed by atoms with E-state index < -0.39 is 17.7 Å². The number of hydrogen-bond acceptors (Lipinski definition) is 6. The van der Waals surface area contributed by atoms with Crippen LogP contribution < -0.4 is 10.6 Å². The maximum atomic E-state index is 14.3. The molecule has 4 rings (SSSR count). The summed E-state index contributed by atoms with van der Waals surface area (Å²) in [4.78, 5) is 28.5. The van der Waals surface area contributed by atoms with Crippen LogP contribution >= 0.6 is 13.5 Å². The van der Waals surface area contributed by atoms with Crippen molar-refractivity contribution in [1.29, 1.82) is 0 Å². The molecule has 3 heterocycles. The fraction of sp³-hybridized carbons (Fsp3) is 0.174. The maximum Gasteiger partial charge on any atom is 0.254 e. The minimum absolute atomic E-state index is 0. The lowest BCUT2D eigenvalue weighted by molar-refractivity contribution is 0.0960. The van der Waals surface area contributed by atoms with Gasteiger partial charge in [0.2, 0.25) is 5.95 Å². The zero-order valence-corrected chi connectivity index (χ0v) is 18.9. The summed E-state index contributed by atoms with van der Waals surface area (Å²) in [5.41, 5.74) is 2.71. The van der Waals surface area contributed by atoms with Gasteiger partial charge in [-0.3, -0.25) is 9.78 Å². The molecule has 0 radical (unpaired) electrons. The zero-order valence-electron chi connectivity index (χ0n) is 17.9. The summed E-state index contributed by atoms with van der Waals surface area (Å²) in [6.07, 6.45) is 3.91. The number of para-hydroxylation sites is 1. The molecule has 1 aromatic carbocycles. The molecule has 0 aliphatic heterocycles. The summed E-state index contributed by atoms with van der Waals surface area (Å²) in [6.45, 7) is 2.50. The first kappa shape index (κ1) is 24.0. The monoisotopic (exact) mass is 468 g/mol. The van der Waals surface area contributed by atoms with Gasteiger partial charge in [0.25, 0.3) is 5.91 Å². The highest BCUT2D eigenvalue weighted by atomic mass is 32.1. The fourth-order valence-electron chi connectivity index (χ4n) is 3.48. The minimum Gasteiger partial charge on any atom is -0.369 e. The molecule has 10 heteroatoms.